The van der Waals surface area contributed by atoms with Crippen molar-refractivity contribution in [2.75, 3.05) is 19.9 Å². The van der Waals surface area contributed by atoms with E-state index in [-0.39, 0.29) is 25.1 Å². The normalized spacial score (nSPS) is 14.6. The van der Waals surface area contributed by atoms with Crippen molar-refractivity contribution in [1.82, 2.24) is 9.88 Å². The molecule has 8 heteroatoms. The summed E-state index contributed by atoms with van der Waals surface area (Å²) in [7, 11) is 0. The molecule has 0 atom stereocenters. The minimum atomic E-state index is -0.823. The van der Waals surface area contributed by atoms with E-state index in [1.165, 1.54) is 4.90 Å². The molecule has 0 spiro atoms. The first-order valence-electron chi connectivity index (χ1n) is 10.0. The highest BCUT2D eigenvalue weighted by Gasteiger charge is 2.27. The smallest absolute Gasteiger partial charge is 0.454 e. The average Bonchev–Trinajstić information content (AvgIpc) is 3.35. The number of carbonyl (C=O) groups excluding carboxylic acids is 2. The molecule has 8 nitrogen and oxygen atoms in total. The lowest BCUT2D eigenvalue weighted by Crippen LogP contribution is -2.27. The van der Waals surface area contributed by atoms with Crippen molar-refractivity contribution in [1.29, 1.82) is 0 Å². The first-order chi connectivity index (χ1) is 15.1. The number of hydrogen-bond acceptors (Lipinski definition) is 6. The van der Waals surface area contributed by atoms with Crippen LogP contribution in [0.3, 0.4) is 0 Å². The lowest BCUT2D eigenvalue weighted by molar-refractivity contribution is 0.0808. The second-order valence-electron chi connectivity index (χ2n) is 7.12. The van der Waals surface area contributed by atoms with Crippen molar-refractivity contribution in [3.05, 3.63) is 65.5 Å². The zero-order valence-electron chi connectivity index (χ0n) is 16.8. The number of nitrogens with one attached hydrogen (secondary N) is 1. The van der Waals surface area contributed by atoms with Crippen LogP contribution >= 0.6 is 0 Å². The van der Waals surface area contributed by atoms with E-state index in [1.807, 2.05) is 24.3 Å². The Hall–Kier alpha value is -3.94. The molecule has 1 aromatic heterocycles. The van der Waals surface area contributed by atoms with E-state index in [9.17, 15) is 9.59 Å². The number of fused-ring (bicyclic) bond motifs is 4. The van der Waals surface area contributed by atoms with Crippen LogP contribution < -0.4 is 9.47 Å². The predicted octanol–water partition coefficient (Wildman–Crippen LogP) is 4.07. The number of rotatable bonds is 3. The first-order valence-corrected chi connectivity index (χ1v) is 10.0. The zero-order valence-corrected chi connectivity index (χ0v) is 16.8. The first kappa shape index (κ1) is 19.0. The van der Waals surface area contributed by atoms with Gasteiger partial charge in [0, 0.05) is 23.0 Å². The number of H-pyrrole nitrogens is 1. The summed E-state index contributed by atoms with van der Waals surface area (Å²) in [6.07, 6.45) is 1.31. The molecular weight excluding hydrogens is 400 g/mol. The Balaban J connectivity index is 1.53. The number of amides is 1. The van der Waals surface area contributed by atoms with E-state index >= 15 is 0 Å². The van der Waals surface area contributed by atoms with Crippen LogP contribution in [0.25, 0.3) is 16.7 Å². The Morgan fingerprint density at radius 1 is 1.13 bits per heavy atom. The standard InChI is InChI=1S/C23H20N2O6/c1-2-28-23(27)31-20-12-25(22(26)14-7-8-18-19(11-14)30-13-29-18)10-9-16-15-5-3-4-6-17(15)24-21(16)20/h3-8,11-12,24H,2,9-10,13H2,1H3. The van der Waals surface area contributed by atoms with Crippen molar-refractivity contribution in [2.24, 2.45) is 0 Å². The van der Waals surface area contributed by atoms with Crippen LogP contribution in [0.2, 0.25) is 0 Å². The maximum Gasteiger partial charge on any atom is 0.513 e. The maximum absolute atomic E-state index is 13.2. The third kappa shape index (κ3) is 3.46. The number of aromatic nitrogens is 1. The number of nitrogens with zero attached hydrogens (tertiary/aromatic N) is 1. The van der Waals surface area contributed by atoms with Gasteiger partial charge in [-0.2, -0.15) is 0 Å². The van der Waals surface area contributed by atoms with E-state index in [0.29, 0.717) is 35.7 Å². The van der Waals surface area contributed by atoms with Gasteiger partial charge in [-0.3, -0.25) is 4.79 Å². The molecule has 3 aromatic rings. The van der Waals surface area contributed by atoms with Gasteiger partial charge in [-0.1, -0.05) is 18.2 Å². The zero-order chi connectivity index (χ0) is 21.4. The van der Waals surface area contributed by atoms with Crippen molar-refractivity contribution in [2.45, 2.75) is 13.3 Å². The topological polar surface area (TPSA) is 90.1 Å². The fourth-order valence-electron chi connectivity index (χ4n) is 3.84. The molecule has 3 heterocycles. The highest BCUT2D eigenvalue weighted by molar-refractivity contribution is 5.97. The maximum atomic E-state index is 13.2. The summed E-state index contributed by atoms with van der Waals surface area (Å²) in [4.78, 5) is 30.2. The fraction of sp³-hybridized carbons (Fsp3) is 0.217. The minimum Gasteiger partial charge on any atom is -0.454 e. The van der Waals surface area contributed by atoms with Crippen LogP contribution in [0.5, 0.6) is 11.5 Å². The summed E-state index contributed by atoms with van der Waals surface area (Å²) in [5, 5.41) is 1.02. The van der Waals surface area contributed by atoms with Gasteiger partial charge in [0.25, 0.3) is 5.91 Å². The third-order valence-corrected chi connectivity index (χ3v) is 5.27. The summed E-state index contributed by atoms with van der Waals surface area (Å²) in [6.45, 7) is 2.44. The molecule has 0 saturated heterocycles. The molecule has 2 aliphatic rings. The van der Waals surface area contributed by atoms with Crippen LogP contribution in [0.4, 0.5) is 4.79 Å². The molecule has 0 saturated carbocycles. The molecule has 0 fully saturated rings. The monoisotopic (exact) mass is 420 g/mol. The summed E-state index contributed by atoms with van der Waals surface area (Å²) in [6, 6.07) is 12.9. The molecule has 2 aromatic carbocycles. The van der Waals surface area contributed by atoms with E-state index in [2.05, 4.69) is 4.98 Å². The molecule has 2 aliphatic heterocycles. The van der Waals surface area contributed by atoms with Gasteiger partial charge in [-0.15, -0.1) is 0 Å². The number of benzene rings is 2. The molecule has 0 unspecified atom stereocenters. The van der Waals surface area contributed by atoms with E-state index in [1.54, 1.807) is 31.3 Å². The van der Waals surface area contributed by atoms with Gasteiger partial charge < -0.3 is 28.8 Å². The molecule has 0 aliphatic carbocycles. The molecule has 0 bridgehead atoms. The minimum absolute atomic E-state index is 0.135. The highest BCUT2D eigenvalue weighted by Crippen LogP contribution is 2.34. The van der Waals surface area contributed by atoms with Crippen LogP contribution in [0.1, 0.15) is 28.5 Å². The van der Waals surface area contributed by atoms with Gasteiger partial charge in [0.2, 0.25) is 6.79 Å². The molecule has 1 N–H and O–H groups in total. The van der Waals surface area contributed by atoms with E-state index < -0.39 is 6.16 Å². The Morgan fingerprint density at radius 3 is 2.84 bits per heavy atom. The quantitative estimate of drug-likeness (QED) is 0.643. The van der Waals surface area contributed by atoms with Crippen molar-refractivity contribution < 1.29 is 28.5 Å². The third-order valence-electron chi connectivity index (χ3n) is 5.27. The highest BCUT2D eigenvalue weighted by atomic mass is 16.7. The van der Waals surface area contributed by atoms with Gasteiger partial charge in [-0.05, 0) is 43.2 Å². The SMILES string of the molecule is CCOC(=O)OC1=CN(C(=O)c2ccc3c(c2)OCO3)CCc2c1[nH]c1ccccc21. The molecule has 31 heavy (non-hydrogen) atoms. The van der Waals surface area contributed by atoms with E-state index in [4.69, 9.17) is 18.9 Å². The molecule has 1 amide bonds. The number of para-hydroxylation sites is 1. The Bertz CT molecular complexity index is 1210. The second kappa shape index (κ2) is 7.71. The molecular formula is C23H20N2O6. The van der Waals surface area contributed by atoms with Crippen LogP contribution in [0, 0.1) is 0 Å². The summed E-state index contributed by atoms with van der Waals surface area (Å²) in [5.41, 5.74) is 3.02. The number of carbonyl (C=O) groups is 2. The van der Waals surface area contributed by atoms with Gasteiger partial charge >= 0.3 is 6.16 Å². The Morgan fingerprint density at radius 2 is 1.97 bits per heavy atom. The van der Waals surface area contributed by atoms with Gasteiger partial charge in [0.15, 0.2) is 17.3 Å². The van der Waals surface area contributed by atoms with E-state index in [0.717, 1.165) is 16.5 Å². The van der Waals surface area contributed by atoms with Crippen LogP contribution in [-0.4, -0.2) is 41.9 Å². The molecule has 0 radical (unpaired) electrons. The summed E-state index contributed by atoms with van der Waals surface area (Å²) in [5.74, 6) is 1.13. The van der Waals surface area contributed by atoms with Crippen molar-refractivity contribution >= 4 is 28.7 Å². The van der Waals surface area contributed by atoms with Crippen LogP contribution in [-0.2, 0) is 15.9 Å². The van der Waals surface area contributed by atoms with Crippen molar-refractivity contribution in [3.8, 4) is 11.5 Å². The second-order valence-corrected chi connectivity index (χ2v) is 7.12. The lowest BCUT2D eigenvalue weighted by Gasteiger charge is -2.18. The average molecular weight is 420 g/mol. The number of aromatic amines is 1. The Labute approximate surface area is 177 Å². The lowest BCUT2D eigenvalue weighted by atomic mass is 10.1. The van der Waals surface area contributed by atoms with Gasteiger partial charge in [0.1, 0.15) is 0 Å². The summed E-state index contributed by atoms with van der Waals surface area (Å²) < 4.78 is 21.2. The summed E-state index contributed by atoms with van der Waals surface area (Å²) >= 11 is 0. The Kier molecular flexibility index (Phi) is 4.74. The number of hydrogen-bond donors (Lipinski definition) is 1. The van der Waals surface area contributed by atoms with Gasteiger partial charge in [0.05, 0.1) is 18.5 Å². The fourth-order valence-corrected chi connectivity index (χ4v) is 3.84. The van der Waals surface area contributed by atoms with Gasteiger partial charge in [-0.25, -0.2) is 4.79 Å². The molecule has 158 valence electrons. The molecule has 5 rings (SSSR count). The largest absolute Gasteiger partial charge is 0.513 e. The number of ether oxygens (including phenoxy) is 4. The van der Waals surface area contributed by atoms with Crippen LogP contribution in [0.15, 0.2) is 48.7 Å². The van der Waals surface area contributed by atoms with Crippen molar-refractivity contribution in [3.63, 3.8) is 0 Å². The predicted molar refractivity (Wildman–Crippen MR) is 112 cm³/mol.